The number of amidine groups is 1. The van der Waals surface area contributed by atoms with Crippen LogP contribution in [0.3, 0.4) is 0 Å². The highest BCUT2D eigenvalue weighted by molar-refractivity contribution is 6.11. The van der Waals surface area contributed by atoms with Crippen LogP contribution in [0.5, 0.6) is 0 Å². The molecule has 2 aromatic heterocycles. The Bertz CT molecular complexity index is 2300. The number of rotatable bonds is 4. The van der Waals surface area contributed by atoms with Crippen LogP contribution in [-0.2, 0) is 0 Å². The number of furan rings is 1. The molecule has 0 fully saturated rings. The Kier molecular flexibility index (Phi) is 5.53. The molecule has 0 saturated heterocycles. The Morgan fingerprint density at radius 3 is 1.95 bits per heavy atom. The minimum Gasteiger partial charge on any atom is -0.456 e. The van der Waals surface area contributed by atoms with E-state index >= 15 is 0 Å². The summed E-state index contributed by atoms with van der Waals surface area (Å²) in [5, 5.41) is 8.28. The van der Waals surface area contributed by atoms with Gasteiger partial charge in [-0.3, -0.25) is 4.99 Å². The van der Waals surface area contributed by atoms with Crippen molar-refractivity contribution in [1.82, 2.24) is 9.88 Å². The highest BCUT2D eigenvalue weighted by Gasteiger charge is 2.23. The molecule has 0 saturated carbocycles. The molecule has 4 heteroatoms. The fourth-order valence-electron chi connectivity index (χ4n) is 6.65. The van der Waals surface area contributed by atoms with E-state index in [1.54, 1.807) is 0 Å². The maximum absolute atomic E-state index is 6.57. The first kappa shape index (κ1) is 24.7. The van der Waals surface area contributed by atoms with Gasteiger partial charge in [-0.15, -0.1) is 0 Å². The van der Waals surface area contributed by atoms with Gasteiger partial charge in [-0.25, -0.2) is 0 Å². The standard InChI is InChI=1S/C40H27N3O/c1-3-12-26(13-4-1)33-25-34(42-40(41-33)27-14-5-2-6-15-27)31-18-11-21-37-39(31)32-23-22-28(24-38(32)44-37)43-35-19-9-7-16-29(35)30-17-8-10-20-36(30)43/h1-25,34H,(H,41,42). The lowest BCUT2D eigenvalue weighted by atomic mass is 9.96. The predicted octanol–water partition coefficient (Wildman–Crippen LogP) is 9.82. The molecule has 1 N–H and O–H groups in total. The van der Waals surface area contributed by atoms with Crippen LogP contribution in [-0.4, -0.2) is 10.4 Å². The van der Waals surface area contributed by atoms with Gasteiger partial charge in [-0.2, -0.15) is 0 Å². The molecule has 1 atom stereocenters. The third kappa shape index (κ3) is 3.89. The smallest absolute Gasteiger partial charge is 0.137 e. The van der Waals surface area contributed by atoms with Crippen LogP contribution in [0.1, 0.15) is 22.7 Å². The molecule has 0 spiro atoms. The van der Waals surface area contributed by atoms with Crippen molar-refractivity contribution >= 4 is 55.3 Å². The van der Waals surface area contributed by atoms with Crippen molar-refractivity contribution in [1.29, 1.82) is 0 Å². The fourth-order valence-corrected chi connectivity index (χ4v) is 6.65. The predicted molar refractivity (Wildman–Crippen MR) is 181 cm³/mol. The average Bonchev–Trinajstić information content (AvgIpc) is 3.64. The summed E-state index contributed by atoms with van der Waals surface area (Å²) in [5.74, 6) is 0.857. The van der Waals surface area contributed by atoms with E-state index in [1.165, 1.54) is 21.8 Å². The first-order valence-electron chi connectivity index (χ1n) is 14.9. The topological polar surface area (TPSA) is 42.5 Å². The minimum atomic E-state index is -0.192. The summed E-state index contributed by atoms with van der Waals surface area (Å²) in [6.45, 7) is 0. The third-order valence-electron chi connectivity index (χ3n) is 8.65. The molecule has 1 unspecified atom stereocenters. The van der Waals surface area contributed by atoms with E-state index < -0.39 is 0 Å². The maximum atomic E-state index is 6.57. The quantitative estimate of drug-likeness (QED) is 0.231. The van der Waals surface area contributed by atoms with E-state index in [0.717, 1.165) is 55.8 Å². The molecule has 0 radical (unpaired) electrons. The molecule has 1 aliphatic rings. The summed E-state index contributed by atoms with van der Waals surface area (Å²) in [5.41, 5.74) is 9.51. The van der Waals surface area contributed by atoms with Gasteiger partial charge in [-0.05, 0) is 47.5 Å². The van der Waals surface area contributed by atoms with E-state index in [-0.39, 0.29) is 6.04 Å². The number of nitrogens with zero attached hydrogens (tertiary/aromatic N) is 2. The molecular formula is C40H27N3O. The number of aliphatic imine (C=N–C) groups is 1. The summed E-state index contributed by atoms with van der Waals surface area (Å²) in [4.78, 5) is 5.24. The van der Waals surface area contributed by atoms with Gasteiger partial charge >= 0.3 is 0 Å². The van der Waals surface area contributed by atoms with Crippen LogP contribution in [0, 0.1) is 0 Å². The van der Waals surface area contributed by atoms with Gasteiger partial charge in [0.1, 0.15) is 17.0 Å². The van der Waals surface area contributed by atoms with Crippen molar-refractivity contribution in [2.24, 2.45) is 4.99 Å². The van der Waals surface area contributed by atoms with E-state index in [1.807, 2.05) is 24.3 Å². The Hall–Kier alpha value is -5.87. The molecule has 0 bridgehead atoms. The third-order valence-corrected chi connectivity index (χ3v) is 8.65. The first-order chi connectivity index (χ1) is 21.8. The van der Waals surface area contributed by atoms with Crippen molar-refractivity contribution in [2.45, 2.75) is 6.04 Å². The lowest BCUT2D eigenvalue weighted by Gasteiger charge is -2.23. The summed E-state index contributed by atoms with van der Waals surface area (Å²) < 4.78 is 8.90. The van der Waals surface area contributed by atoms with Crippen LogP contribution in [0.25, 0.3) is 55.1 Å². The molecule has 3 heterocycles. The van der Waals surface area contributed by atoms with E-state index in [0.29, 0.717) is 0 Å². The molecule has 1 aliphatic heterocycles. The van der Waals surface area contributed by atoms with Gasteiger partial charge in [0, 0.05) is 44.6 Å². The van der Waals surface area contributed by atoms with Gasteiger partial charge < -0.3 is 14.3 Å². The molecule has 44 heavy (non-hydrogen) atoms. The van der Waals surface area contributed by atoms with Gasteiger partial charge in [0.05, 0.1) is 17.1 Å². The molecule has 9 rings (SSSR count). The second-order valence-electron chi connectivity index (χ2n) is 11.2. The molecule has 0 amide bonds. The van der Waals surface area contributed by atoms with Crippen LogP contribution in [0.15, 0.2) is 161 Å². The van der Waals surface area contributed by atoms with Crippen molar-refractivity contribution < 1.29 is 4.42 Å². The number of benzene rings is 6. The van der Waals surface area contributed by atoms with E-state index in [2.05, 4.69) is 137 Å². The van der Waals surface area contributed by atoms with Crippen molar-refractivity contribution in [3.8, 4) is 5.69 Å². The minimum absolute atomic E-state index is 0.192. The van der Waals surface area contributed by atoms with Crippen LogP contribution in [0.4, 0.5) is 0 Å². The van der Waals surface area contributed by atoms with Crippen LogP contribution < -0.4 is 5.32 Å². The van der Waals surface area contributed by atoms with Gasteiger partial charge in [-0.1, -0.05) is 109 Å². The Morgan fingerprint density at radius 2 is 1.23 bits per heavy atom. The number of para-hydroxylation sites is 2. The molecule has 208 valence electrons. The Labute approximate surface area is 254 Å². The highest BCUT2D eigenvalue weighted by Crippen LogP contribution is 2.40. The summed E-state index contributed by atoms with van der Waals surface area (Å²) in [6, 6.07) is 50.7. The number of hydrogen-bond donors (Lipinski definition) is 1. The normalized spacial score (nSPS) is 15.0. The second kappa shape index (κ2) is 9.85. The second-order valence-corrected chi connectivity index (χ2v) is 11.2. The number of hydrogen-bond acceptors (Lipinski definition) is 3. The lowest BCUT2D eigenvalue weighted by molar-refractivity contribution is 0.668. The Morgan fingerprint density at radius 1 is 0.568 bits per heavy atom. The monoisotopic (exact) mass is 565 g/mol. The average molecular weight is 566 g/mol. The van der Waals surface area contributed by atoms with Crippen LogP contribution >= 0.6 is 0 Å². The van der Waals surface area contributed by atoms with E-state index in [9.17, 15) is 0 Å². The maximum Gasteiger partial charge on any atom is 0.137 e. The van der Waals surface area contributed by atoms with Gasteiger partial charge in [0.15, 0.2) is 0 Å². The fraction of sp³-hybridized carbons (Fsp3) is 0.0250. The molecular weight excluding hydrogens is 538 g/mol. The van der Waals surface area contributed by atoms with Crippen LogP contribution in [0.2, 0.25) is 0 Å². The molecule has 6 aromatic carbocycles. The Balaban J connectivity index is 1.23. The molecule has 8 aromatic rings. The number of fused-ring (bicyclic) bond motifs is 6. The van der Waals surface area contributed by atoms with Crippen molar-refractivity contribution in [3.05, 3.63) is 168 Å². The van der Waals surface area contributed by atoms with E-state index in [4.69, 9.17) is 9.41 Å². The molecule has 0 aliphatic carbocycles. The zero-order valence-electron chi connectivity index (χ0n) is 23.8. The summed E-state index contributed by atoms with van der Waals surface area (Å²) >= 11 is 0. The SMILES string of the molecule is C1=C(c2ccccc2)NC(c2ccccc2)=NC1c1cccc2oc3cc(-n4c5ccccc5c5ccccc54)ccc3c12. The first-order valence-corrected chi connectivity index (χ1v) is 14.9. The van der Waals surface area contributed by atoms with Gasteiger partial charge in [0.2, 0.25) is 0 Å². The summed E-state index contributed by atoms with van der Waals surface area (Å²) in [6.07, 6.45) is 2.22. The number of aromatic nitrogens is 1. The highest BCUT2D eigenvalue weighted by atomic mass is 16.3. The van der Waals surface area contributed by atoms with Gasteiger partial charge in [0.25, 0.3) is 0 Å². The van der Waals surface area contributed by atoms with Crippen molar-refractivity contribution in [2.75, 3.05) is 0 Å². The lowest BCUT2D eigenvalue weighted by Crippen LogP contribution is -2.27. The zero-order valence-corrected chi connectivity index (χ0v) is 23.8. The van der Waals surface area contributed by atoms with Crippen molar-refractivity contribution in [3.63, 3.8) is 0 Å². The number of nitrogens with one attached hydrogen (secondary N) is 1. The largest absolute Gasteiger partial charge is 0.456 e. The molecule has 4 nitrogen and oxygen atoms in total. The zero-order chi connectivity index (χ0) is 29.0. The summed E-state index contributed by atoms with van der Waals surface area (Å²) in [7, 11) is 0.